The molecule has 4 N–H and O–H groups in total. The number of fused-ring (bicyclic) bond motifs is 1. The molecule has 0 bridgehead atoms. The number of H-pyrrole nitrogens is 1. The highest BCUT2D eigenvalue weighted by atomic mass is 16.5. The summed E-state index contributed by atoms with van der Waals surface area (Å²) >= 11 is 0. The average Bonchev–Trinajstić information content (AvgIpc) is 3.49. The molecule has 3 aromatic rings. The summed E-state index contributed by atoms with van der Waals surface area (Å²) in [5.74, 6) is -0.517. The quantitative estimate of drug-likeness (QED) is 0.248. The maximum absolute atomic E-state index is 10.8. The minimum atomic E-state index is -0.517. The zero-order chi connectivity index (χ0) is 24.6. The lowest BCUT2D eigenvalue weighted by atomic mass is 10.1. The first kappa shape index (κ1) is 28.1. The third kappa shape index (κ3) is 9.22. The van der Waals surface area contributed by atoms with Gasteiger partial charge in [0.1, 0.15) is 0 Å². The van der Waals surface area contributed by atoms with Gasteiger partial charge in [-0.1, -0.05) is 56.3 Å². The first-order valence-electron chi connectivity index (χ1n) is 11.5. The number of hydrogen-bond acceptors (Lipinski definition) is 4. The molecular formula is C27H39N3O3. The Bertz CT molecular complexity index is 972. The number of aliphatic hydroxyl groups excluding tert-OH is 1. The van der Waals surface area contributed by atoms with Gasteiger partial charge >= 0.3 is 0 Å². The van der Waals surface area contributed by atoms with Crippen LogP contribution in [0.25, 0.3) is 17.0 Å². The van der Waals surface area contributed by atoms with Crippen LogP contribution in [0.5, 0.6) is 0 Å². The van der Waals surface area contributed by atoms with E-state index in [0.717, 1.165) is 19.2 Å². The van der Waals surface area contributed by atoms with Crippen LogP contribution in [0.1, 0.15) is 49.1 Å². The lowest BCUT2D eigenvalue weighted by Crippen LogP contribution is -2.18. The molecule has 6 heteroatoms. The standard InChI is InChI=1S/C14H18N2O2.C10H11N.C2H6.CH4O/c17-14(15-18)8-7-12-3-5-13(6-4-12)11-16-9-1-2-10-16;1-7-8(2)11-10-6-4-3-5-9(7)10;2*1-2/h3-8,18H,1-2,9-11H2,(H,15,17);3-6,11H,1-2H3;1-2H3;2H,1H3/b8-7+;;;. The Balaban J connectivity index is 0.000000310. The minimum Gasteiger partial charge on any atom is -0.400 e. The van der Waals surface area contributed by atoms with Crippen molar-refractivity contribution in [3.05, 3.63) is 77.0 Å². The fourth-order valence-corrected chi connectivity index (χ4v) is 3.56. The normalized spacial score (nSPS) is 12.8. The second-order valence-electron chi connectivity index (χ2n) is 7.45. The Kier molecular flexibility index (Phi) is 13.5. The molecule has 2 aromatic carbocycles. The fraction of sp³-hybridized carbons (Fsp3) is 0.370. The van der Waals surface area contributed by atoms with Crippen LogP contribution >= 0.6 is 0 Å². The van der Waals surface area contributed by atoms with Gasteiger partial charge in [-0.25, -0.2) is 5.48 Å². The second kappa shape index (κ2) is 15.8. The zero-order valence-electron chi connectivity index (χ0n) is 20.6. The monoisotopic (exact) mass is 453 g/mol. The van der Waals surface area contributed by atoms with E-state index in [1.54, 1.807) is 11.6 Å². The molecule has 1 fully saturated rings. The lowest BCUT2D eigenvalue weighted by molar-refractivity contribution is -0.124. The van der Waals surface area contributed by atoms with Crippen molar-refractivity contribution in [2.75, 3.05) is 20.2 Å². The number of nitrogens with one attached hydrogen (secondary N) is 2. The van der Waals surface area contributed by atoms with Crippen LogP contribution in [0.2, 0.25) is 0 Å². The van der Waals surface area contributed by atoms with Crippen LogP contribution in [0, 0.1) is 13.8 Å². The number of para-hydroxylation sites is 1. The fourth-order valence-electron chi connectivity index (χ4n) is 3.56. The zero-order valence-corrected chi connectivity index (χ0v) is 20.6. The van der Waals surface area contributed by atoms with E-state index in [1.807, 2.05) is 26.0 Å². The molecule has 2 heterocycles. The molecule has 1 aliphatic heterocycles. The van der Waals surface area contributed by atoms with E-state index in [2.05, 4.69) is 60.1 Å². The van der Waals surface area contributed by atoms with Crippen molar-refractivity contribution in [2.45, 2.75) is 47.1 Å². The molecule has 0 atom stereocenters. The van der Waals surface area contributed by atoms with Crippen molar-refractivity contribution >= 4 is 22.9 Å². The molecule has 1 saturated heterocycles. The summed E-state index contributed by atoms with van der Waals surface area (Å²) in [7, 11) is 1.00. The predicted octanol–water partition coefficient (Wildman–Crippen LogP) is 5.22. The maximum atomic E-state index is 10.8. The molecule has 0 radical (unpaired) electrons. The number of likely N-dealkylation sites (tertiary alicyclic amines) is 1. The van der Waals surface area contributed by atoms with Gasteiger partial charge in [-0.2, -0.15) is 0 Å². The van der Waals surface area contributed by atoms with Crippen molar-refractivity contribution in [2.24, 2.45) is 0 Å². The number of aryl methyl sites for hydroxylation is 2. The lowest BCUT2D eigenvalue weighted by Gasteiger charge is -2.14. The predicted molar refractivity (Wildman–Crippen MR) is 137 cm³/mol. The molecule has 0 aliphatic carbocycles. The van der Waals surface area contributed by atoms with Gasteiger partial charge in [-0.15, -0.1) is 0 Å². The largest absolute Gasteiger partial charge is 0.400 e. The highest BCUT2D eigenvalue weighted by Gasteiger charge is 2.11. The van der Waals surface area contributed by atoms with E-state index in [0.29, 0.717) is 0 Å². The van der Waals surface area contributed by atoms with Crippen molar-refractivity contribution < 1.29 is 15.1 Å². The molecule has 33 heavy (non-hydrogen) atoms. The smallest absolute Gasteiger partial charge is 0.267 e. The van der Waals surface area contributed by atoms with Crippen molar-refractivity contribution in [1.29, 1.82) is 0 Å². The maximum Gasteiger partial charge on any atom is 0.267 e. The molecule has 1 aromatic heterocycles. The third-order valence-electron chi connectivity index (χ3n) is 5.34. The van der Waals surface area contributed by atoms with Gasteiger partial charge in [0.2, 0.25) is 0 Å². The van der Waals surface area contributed by atoms with Gasteiger partial charge in [0.25, 0.3) is 5.91 Å². The highest BCUT2D eigenvalue weighted by molar-refractivity contribution is 5.90. The minimum absolute atomic E-state index is 0.517. The Morgan fingerprint density at radius 3 is 2.21 bits per heavy atom. The number of aromatic amines is 1. The summed E-state index contributed by atoms with van der Waals surface area (Å²) in [4.78, 5) is 16.6. The van der Waals surface area contributed by atoms with Gasteiger partial charge in [0.05, 0.1) is 0 Å². The van der Waals surface area contributed by atoms with Gasteiger partial charge in [0, 0.05) is 36.3 Å². The van der Waals surface area contributed by atoms with E-state index in [-0.39, 0.29) is 0 Å². The van der Waals surface area contributed by atoms with Gasteiger partial charge in [-0.05, 0) is 68.6 Å². The highest BCUT2D eigenvalue weighted by Crippen LogP contribution is 2.19. The van der Waals surface area contributed by atoms with Crippen LogP contribution in [-0.2, 0) is 11.3 Å². The third-order valence-corrected chi connectivity index (χ3v) is 5.34. The Labute approximate surface area is 197 Å². The van der Waals surface area contributed by atoms with Crippen LogP contribution in [0.15, 0.2) is 54.6 Å². The van der Waals surface area contributed by atoms with Crippen molar-refractivity contribution in [3.63, 3.8) is 0 Å². The molecule has 180 valence electrons. The number of carbonyl (C=O) groups excluding carboxylic acids is 1. The number of amides is 1. The summed E-state index contributed by atoms with van der Waals surface area (Å²) in [5, 5.41) is 16.7. The average molecular weight is 454 g/mol. The second-order valence-corrected chi connectivity index (χ2v) is 7.45. The van der Waals surface area contributed by atoms with Crippen molar-refractivity contribution in [1.82, 2.24) is 15.4 Å². The summed E-state index contributed by atoms with van der Waals surface area (Å²) in [5.41, 5.74) is 7.67. The first-order valence-corrected chi connectivity index (χ1v) is 11.5. The van der Waals surface area contributed by atoms with Crippen molar-refractivity contribution in [3.8, 4) is 0 Å². The number of hydroxylamine groups is 1. The molecule has 0 saturated carbocycles. The molecule has 1 amide bonds. The summed E-state index contributed by atoms with van der Waals surface area (Å²) < 4.78 is 0. The van der Waals surface area contributed by atoms with E-state index in [9.17, 15) is 4.79 Å². The van der Waals surface area contributed by atoms with Crippen LogP contribution in [0.3, 0.4) is 0 Å². The Morgan fingerprint density at radius 2 is 1.64 bits per heavy atom. The van der Waals surface area contributed by atoms with Crippen LogP contribution < -0.4 is 5.48 Å². The van der Waals surface area contributed by atoms with Gasteiger partial charge in [-0.3, -0.25) is 14.9 Å². The Hall–Kier alpha value is -2.93. The number of nitrogens with zero attached hydrogens (tertiary/aromatic N) is 1. The van der Waals surface area contributed by atoms with Gasteiger partial charge in [0.15, 0.2) is 0 Å². The SMILES string of the molecule is CC.CO.Cc1[nH]c2ccccc2c1C.O=C(/C=C/c1ccc(CN2CCCC2)cc1)NO. The molecule has 4 rings (SSSR count). The van der Waals surface area contributed by atoms with E-state index < -0.39 is 5.91 Å². The molecular weight excluding hydrogens is 414 g/mol. The number of benzene rings is 2. The number of aliphatic hydroxyl groups is 1. The van der Waals surface area contributed by atoms with Gasteiger partial charge < -0.3 is 10.1 Å². The number of carbonyl (C=O) groups is 1. The molecule has 0 unspecified atom stereocenters. The topological polar surface area (TPSA) is 88.6 Å². The van der Waals surface area contributed by atoms with Crippen LogP contribution in [-0.4, -0.2) is 46.3 Å². The molecule has 1 aliphatic rings. The van der Waals surface area contributed by atoms with E-state index in [1.165, 1.54) is 59.7 Å². The Morgan fingerprint density at radius 1 is 1.03 bits per heavy atom. The summed E-state index contributed by atoms with van der Waals surface area (Å²) in [6.07, 6.45) is 5.58. The summed E-state index contributed by atoms with van der Waals surface area (Å²) in [6, 6.07) is 16.5. The van der Waals surface area contributed by atoms with E-state index >= 15 is 0 Å². The number of aromatic nitrogens is 1. The molecule has 0 spiro atoms. The van der Waals surface area contributed by atoms with Crippen LogP contribution in [0.4, 0.5) is 0 Å². The summed E-state index contributed by atoms with van der Waals surface area (Å²) in [6.45, 7) is 11.6. The number of rotatable bonds is 4. The first-order chi connectivity index (χ1) is 16.1. The van der Waals surface area contributed by atoms with E-state index in [4.69, 9.17) is 10.3 Å². The molecule has 6 nitrogen and oxygen atoms in total. The number of hydrogen-bond donors (Lipinski definition) is 4.